The standard InChI is InChI=1S/C8H9NO2/c1-4-2-3-5-6(4)8(11)9-7(5)10/h4H,2-3H2,1H3,(H,9,10,11)/t4-/m1/s1. The zero-order chi connectivity index (χ0) is 8.01. The lowest BCUT2D eigenvalue weighted by Gasteiger charge is -2.02. The minimum absolute atomic E-state index is 0.171. The SMILES string of the molecule is C[C@@H]1CCC2=C1C(=O)NC2=O. The second-order valence-electron chi connectivity index (χ2n) is 3.12. The minimum Gasteiger partial charge on any atom is -0.289 e. The first-order valence-corrected chi connectivity index (χ1v) is 3.79. The van der Waals surface area contributed by atoms with Gasteiger partial charge in [0, 0.05) is 11.1 Å². The van der Waals surface area contributed by atoms with E-state index in [0.717, 1.165) is 24.0 Å². The van der Waals surface area contributed by atoms with Crippen molar-refractivity contribution in [2.45, 2.75) is 19.8 Å². The van der Waals surface area contributed by atoms with Gasteiger partial charge >= 0.3 is 0 Å². The van der Waals surface area contributed by atoms with Crippen molar-refractivity contribution in [3.63, 3.8) is 0 Å². The highest BCUT2D eigenvalue weighted by atomic mass is 16.2. The maximum absolute atomic E-state index is 11.1. The Hall–Kier alpha value is -1.12. The number of carbonyl (C=O) groups excluding carboxylic acids is 2. The van der Waals surface area contributed by atoms with Gasteiger partial charge in [-0.3, -0.25) is 14.9 Å². The number of rotatable bonds is 0. The summed E-state index contributed by atoms with van der Waals surface area (Å²) in [5.41, 5.74) is 1.46. The van der Waals surface area contributed by atoms with E-state index >= 15 is 0 Å². The van der Waals surface area contributed by atoms with Gasteiger partial charge in [-0.25, -0.2) is 0 Å². The Morgan fingerprint density at radius 1 is 1.36 bits per heavy atom. The lowest BCUT2D eigenvalue weighted by atomic mass is 10.0. The monoisotopic (exact) mass is 151 g/mol. The van der Waals surface area contributed by atoms with Gasteiger partial charge in [-0.05, 0) is 18.8 Å². The summed E-state index contributed by atoms with van der Waals surface area (Å²) in [6, 6.07) is 0. The van der Waals surface area contributed by atoms with E-state index in [0.29, 0.717) is 0 Å². The molecule has 0 aromatic rings. The molecule has 2 rings (SSSR count). The number of hydrogen-bond acceptors (Lipinski definition) is 2. The predicted molar refractivity (Wildman–Crippen MR) is 38.6 cm³/mol. The van der Waals surface area contributed by atoms with E-state index in [9.17, 15) is 9.59 Å². The van der Waals surface area contributed by atoms with Crippen LogP contribution in [0.1, 0.15) is 19.8 Å². The maximum atomic E-state index is 11.1. The lowest BCUT2D eigenvalue weighted by Crippen LogP contribution is -2.25. The van der Waals surface area contributed by atoms with Crippen molar-refractivity contribution >= 4 is 11.8 Å². The number of nitrogens with one attached hydrogen (secondary N) is 1. The quantitative estimate of drug-likeness (QED) is 0.508. The molecule has 1 N–H and O–H groups in total. The average Bonchev–Trinajstić information content (AvgIpc) is 2.41. The Kier molecular flexibility index (Phi) is 1.16. The summed E-state index contributed by atoms with van der Waals surface area (Å²) in [4.78, 5) is 22.1. The highest BCUT2D eigenvalue weighted by Gasteiger charge is 2.37. The van der Waals surface area contributed by atoms with Crippen LogP contribution in [0.2, 0.25) is 0 Å². The zero-order valence-electron chi connectivity index (χ0n) is 6.31. The second-order valence-corrected chi connectivity index (χ2v) is 3.12. The van der Waals surface area contributed by atoms with E-state index in [2.05, 4.69) is 5.32 Å². The molecule has 0 fully saturated rings. The van der Waals surface area contributed by atoms with Crippen molar-refractivity contribution in [2.75, 3.05) is 0 Å². The van der Waals surface area contributed by atoms with Crippen molar-refractivity contribution in [3.05, 3.63) is 11.1 Å². The molecule has 3 heteroatoms. The molecule has 2 amide bonds. The summed E-state index contributed by atoms with van der Waals surface area (Å²) in [6.07, 6.45) is 1.72. The third kappa shape index (κ3) is 0.737. The minimum atomic E-state index is -0.172. The Bertz CT molecular complexity index is 278. The summed E-state index contributed by atoms with van der Waals surface area (Å²) >= 11 is 0. The molecule has 0 saturated heterocycles. The van der Waals surface area contributed by atoms with E-state index in [-0.39, 0.29) is 17.7 Å². The van der Waals surface area contributed by atoms with Gasteiger partial charge in [-0.15, -0.1) is 0 Å². The van der Waals surface area contributed by atoms with Gasteiger partial charge in [0.1, 0.15) is 0 Å². The summed E-state index contributed by atoms with van der Waals surface area (Å²) in [5.74, 6) is -0.0687. The Morgan fingerprint density at radius 3 is 2.73 bits per heavy atom. The van der Waals surface area contributed by atoms with Crippen LogP contribution < -0.4 is 5.32 Å². The van der Waals surface area contributed by atoms with Gasteiger partial charge in [0.2, 0.25) is 0 Å². The Morgan fingerprint density at radius 2 is 2.09 bits per heavy atom. The van der Waals surface area contributed by atoms with Crippen LogP contribution >= 0.6 is 0 Å². The van der Waals surface area contributed by atoms with Crippen molar-refractivity contribution in [2.24, 2.45) is 5.92 Å². The maximum Gasteiger partial charge on any atom is 0.254 e. The van der Waals surface area contributed by atoms with Gasteiger partial charge in [-0.1, -0.05) is 6.92 Å². The largest absolute Gasteiger partial charge is 0.289 e. The predicted octanol–water partition coefficient (Wildman–Crippen LogP) is 0.369. The van der Waals surface area contributed by atoms with Crippen LogP contribution in [0.4, 0.5) is 0 Å². The summed E-state index contributed by atoms with van der Waals surface area (Å²) in [6.45, 7) is 1.99. The van der Waals surface area contributed by atoms with E-state index < -0.39 is 0 Å². The molecule has 0 saturated carbocycles. The first-order chi connectivity index (χ1) is 5.20. The third-order valence-electron chi connectivity index (χ3n) is 2.39. The number of carbonyl (C=O) groups is 2. The van der Waals surface area contributed by atoms with E-state index in [1.54, 1.807) is 0 Å². The van der Waals surface area contributed by atoms with Crippen LogP contribution in [0.25, 0.3) is 0 Å². The first-order valence-electron chi connectivity index (χ1n) is 3.79. The lowest BCUT2D eigenvalue weighted by molar-refractivity contribution is -0.124. The van der Waals surface area contributed by atoms with Crippen molar-refractivity contribution < 1.29 is 9.59 Å². The van der Waals surface area contributed by atoms with Gasteiger partial charge < -0.3 is 0 Å². The van der Waals surface area contributed by atoms with Crippen LogP contribution in [-0.4, -0.2) is 11.8 Å². The summed E-state index contributed by atoms with van der Waals surface area (Å²) in [7, 11) is 0. The van der Waals surface area contributed by atoms with Gasteiger partial charge in [-0.2, -0.15) is 0 Å². The van der Waals surface area contributed by atoms with E-state index in [1.165, 1.54) is 0 Å². The van der Waals surface area contributed by atoms with Crippen LogP contribution in [0, 0.1) is 5.92 Å². The smallest absolute Gasteiger partial charge is 0.254 e. The molecule has 0 aromatic heterocycles. The molecule has 0 unspecified atom stereocenters. The molecular weight excluding hydrogens is 142 g/mol. The highest BCUT2D eigenvalue weighted by Crippen LogP contribution is 2.34. The van der Waals surface area contributed by atoms with Crippen LogP contribution in [0.3, 0.4) is 0 Å². The Balaban J connectivity index is 2.46. The number of hydrogen-bond donors (Lipinski definition) is 1. The molecule has 1 aliphatic carbocycles. The molecule has 1 heterocycles. The van der Waals surface area contributed by atoms with E-state index in [4.69, 9.17) is 0 Å². The molecule has 2 aliphatic rings. The molecule has 58 valence electrons. The molecule has 0 bridgehead atoms. The molecular formula is C8H9NO2. The first kappa shape index (κ1) is 6.58. The topological polar surface area (TPSA) is 46.2 Å². The molecule has 0 spiro atoms. The summed E-state index contributed by atoms with van der Waals surface area (Å²) < 4.78 is 0. The van der Waals surface area contributed by atoms with E-state index in [1.807, 2.05) is 6.92 Å². The molecule has 0 aromatic carbocycles. The van der Waals surface area contributed by atoms with Crippen molar-refractivity contribution in [1.29, 1.82) is 0 Å². The van der Waals surface area contributed by atoms with Gasteiger partial charge in [0.25, 0.3) is 11.8 Å². The third-order valence-corrected chi connectivity index (χ3v) is 2.39. The summed E-state index contributed by atoms with van der Waals surface area (Å²) in [5, 5.41) is 2.30. The fourth-order valence-electron chi connectivity index (χ4n) is 1.78. The zero-order valence-corrected chi connectivity index (χ0v) is 6.31. The molecule has 1 atom stereocenters. The second kappa shape index (κ2) is 1.94. The van der Waals surface area contributed by atoms with Crippen molar-refractivity contribution in [1.82, 2.24) is 5.32 Å². The normalized spacial score (nSPS) is 29.4. The number of imide groups is 1. The fraction of sp³-hybridized carbons (Fsp3) is 0.500. The molecule has 11 heavy (non-hydrogen) atoms. The number of amides is 2. The van der Waals surface area contributed by atoms with Gasteiger partial charge in [0.05, 0.1) is 0 Å². The van der Waals surface area contributed by atoms with Crippen molar-refractivity contribution in [3.8, 4) is 0 Å². The molecule has 0 radical (unpaired) electrons. The van der Waals surface area contributed by atoms with Gasteiger partial charge in [0.15, 0.2) is 0 Å². The molecule has 1 aliphatic heterocycles. The van der Waals surface area contributed by atoms with Crippen LogP contribution in [0.5, 0.6) is 0 Å². The molecule has 3 nitrogen and oxygen atoms in total. The Labute approximate surface area is 64.5 Å². The van der Waals surface area contributed by atoms with Crippen LogP contribution in [-0.2, 0) is 9.59 Å². The average molecular weight is 151 g/mol. The fourth-order valence-corrected chi connectivity index (χ4v) is 1.78. The van der Waals surface area contributed by atoms with Crippen LogP contribution in [0.15, 0.2) is 11.1 Å². The highest BCUT2D eigenvalue weighted by molar-refractivity contribution is 6.20.